The molecule has 1 aliphatic heterocycles. The molecule has 1 aromatic rings. The maximum absolute atomic E-state index is 11.2. The summed E-state index contributed by atoms with van der Waals surface area (Å²) >= 11 is 3.87. The van der Waals surface area contributed by atoms with Crippen LogP contribution in [-0.2, 0) is 4.79 Å². The number of carbonyl (C=O) groups excluding carboxylic acids is 1. The molecule has 32 heavy (non-hydrogen) atoms. The molecular weight excluding hydrogens is 418 g/mol. The van der Waals surface area contributed by atoms with Crippen molar-refractivity contribution in [3.8, 4) is 11.8 Å². The summed E-state index contributed by atoms with van der Waals surface area (Å²) in [6.45, 7) is 2.15. The number of carbonyl (C=O) groups is 1. The summed E-state index contributed by atoms with van der Waals surface area (Å²) in [6.07, 6.45) is 10.00. The minimum absolute atomic E-state index is 0.0782. The van der Waals surface area contributed by atoms with E-state index in [1.54, 1.807) is 0 Å². The largest absolute Gasteiger partial charge is 0.392 e. The molecule has 4 nitrogen and oxygen atoms in total. The van der Waals surface area contributed by atoms with Gasteiger partial charge in [0.25, 0.3) is 0 Å². The molecule has 1 aromatic carbocycles. The van der Waals surface area contributed by atoms with E-state index in [0.29, 0.717) is 12.8 Å². The number of nitrogens with zero attached hydrogens (tertiary/aromatic N) is 1. The highest BCUT2D eigenvalue weighted by atomic mass is 32.1. The molecule has 0 radical (unpaired) electrons. The quantitative estimate of drug-likeness (QED) is 0.207. The maximum atomic E-state index is 11.2. The molecule has 5 heteroatoms. The highest BCUT2D eigenvalue weighted by Crippen LogP contribution is 2.50. The Hall–Kier alpha value is -1.87. The maximum Gasteiger partial charge on any atom is 0.185 e. The molecule has 2 N–H and O–H groups in total. The number of hydrogen-bond donors (Lipinski definition) is 3. The Morgan fingerprint density at radius 2 is 2.09 bits per heavy atom. The van der Waals surface area contributed by atoms with Gasteiger partial charge >= 0.3 is 0 Å². The number of rotatable bonds is 10. The van der Waals surface area contributed by atoms with Gasteiger partial charge in [-0.05, 0) is 37.8 Å². The van der Waals surface area contributed by atoms with Crippen LogP contribution < -0.4 is 0 Å². The zero-order valence-electron chi connectivity index (χ0n) is 18.9. The van der Waals surface area contributed by atoms with E-state index in [0.717, 1.165) is 56.2 Å². The standard InChI is InChI=1S/C27H35NO3S/c1-2-3-5-12-22(29)14-15-23-24-18-21(11-8-13-26(31)32)28-27(24,19-25(23)30)17-16-20-9-6-4-7-10-20/h4,6-7,9-10,14-15,22-25,29-30H,2-3,5,8,11-13,18-19H2,1H3,(H,31,32). The molecule has 172 valence electrons. The Bertz CT molecular complexity index is 885. The van der Waals surface area contributed by atoms with Gasteiger partial charge in [0.05, 0.1) is 12.2 Å². The minimum Gasteiger partial charge on any atom is -0.392 e. The smallest absolute Gasteiger partial charge is 0.185 e. The first-order valence-corrected chi connectivity index (χ1v) is 12.3. The molecule has 2 aliphatic rings. The summed E-state index contributed by atoms with van der Waals surface area (Å²) < 4.78 is 0. The van der Waals surface area contributed by atoms with Gasteiger partial charge in [-0.1, -0.05) is 68.4 Å². The van der Waals surface area contributed by atoms with Crippen LogP contribution in [0.25, 0.3) is 0 Å². The summed E-state index contributed by atoms with van der Waals surface area (Å²) in [4.78, 5) is 16.2. The predicted octanol–water partition coefficient (Wildman–Crippen LogP) is 4.74. The van der Waals surface area contributed by atoms with Gasteiger partial charge in [0.15, 0.2) is 5.12 Å². The molecule has 0 bridgehead atoms. The van der Waals surface area contributed by atoms with Gasteiger partial charge in [-0.25, -0.2) is 0 Å². The number of hydrogen-bond acceptors (Lipinski definition) is 4. The first kappa shape index (κ1) is 24.8. The molecule has 1 aliphatic carbocycles. The van der Waals surface area contributed by atoms with Crippen LogP contribution in [-0.4, -0.2) is 38.8 Å². The third-order valence-electron chi connectivity index (χ3n) is 6.57. The number of fused-ring (bicyclic) bond motifs is 1. The van der Waals surface area contributed by atoms with E-state index in [9.17, 15) is 15.0 Å². The van der Waals surface area contributed by atoms with Gasteiger partial charge < -0.3 is 10.2 Å². The number of thiol groups is 1. The van der Waals surface area contributed by atoms with Crippen molar-refractivity contribution in [2.45, 2.75) is 82.5 Å². The third-order valence-corrected chi connectivity index (χ3v) is 6.79. The van der Waals surface area contributed by atoms with Gasteiger partial charge in [0, 0.05) is 36.0 Å². The second-order valence-corrected chi connectivity index (χ2v) is 9.57. The van der Waals surface area contributed by atoms with Crippen molar-refractivity contribution in [1.29, 1.82) is 0 Å². The monoisotopic (exact) mass is 453 g/mol. The van der Waals surface area contributed by atoms with Crippen LogP contribution >= 0.6 is 12.6 Å². The van der Waals surface area contributed by atoms with Crippen molar-refractivity contribution in [2.24, 2.45) is 16.8 Å². The average molecular weight is 454 g/mol. The number of aliphatic hydroxyl groups is 2. The fourth-order valence-electron chi connectivity index (χ4n) is 4.90. The Morgan fingerprint density at radius 1 is 1.31 bits per heavy atom. The SMILES string of the molecule is CCCCCC(O)C=CC1C(O)CC2(C#Cc3ccccc3)N=C(CCCC(=O)S)CC12. The van der Waals surface area contributed by atoms with E-state index in [4.69, 9.17) is 4.99 Å². The molecule has 5 atom stereocenters. The minimum atomic E-state index is -0.613. The lowest BCUT2D eigenvalue weighted by atomic mass is 9.82. The molecule has 0 amide bonds. The number of unbranched alkanes of at least 4 members (excludes halogenated alkanes) is 2. The fourth-order valence-corrected chi connectivity index (χ4v) is 5.06. The molecule has 1 heterocycles. The lowest BCUT2D eigenvalue weighted by molar-refractivity contribution is -0.110. The van der Waals surface area contributed by atoms with Crippen molar-refractivity contribution in [1.82, 2.24) is 0 Å². The Labute approximate surface area is 197 Å². The summed E-state index contributed by atoms with van der Waals surface area (Å²) in [5, 5.41) is 21.1. The topological polar surface area (TPSA) is 69.9 Å². The highest BCUT2D eigenvalue weighted by Gasteiger charge is 2.54. The Morgan fingerprint density at radius 3 is 2.81 bits per heavy atom. The van der Waals surface area contributed by atoms with Crippen LogP contribution in [0.3, 0.4) is 0 Å². The van der Waals surface area contributed by atoms with Crippen LogP contribution in [0.5, 0.6) is 0 Å². The van der Waals surface area contributed by atoms with E-state index >= 15 is 0 Å². The molecule has 0 spiro atoms. The molecule has 5 unspecified atom stereocenters. The molecular formula is C27H35NO3S. The number of benzene rings is 1. The zero-order chi connectivity index (χ0) is 23.0. The lowest BCUT2D eigenvalue weighted by Gasteiger charge is -2.22. The van der Waals surface area contributed by atoms with Crippen molar-refractivity contribution >= 4 is 23.5 Å². The number of aliphatic imine (C=N–C) groups is 1. The van der Waals surface area contributed by atoms with Crippen LogP contribution in [0.2, 0.25) is 0 Å². The van der Waals surface area contributed by atoms with Crippen molar-refractivity contribution < 1.29 is 15.0 Å². The Balaban J connectivity index is 1.79. The first-order valence-electron chi connectivity index (χ1n) is 11.9. The second kappa shape index (κ2) is 11.8. The third kappa shape index (κ3) is 6.57. The predicted molar refractivity (Wildman–Crippen MR) is 133 cm³/mol. The first-order chi connectivity index (χ1) is 15.4. The van der Waals surface area contributed by atoms with E-state index in [-0.39, 0.29) is 17.0 Å². The van der Waals surface area contributed by atoms with Gasteiger partial charge in [0.1, 0.15) is 5.54 Å². The number of aliphatic hydroxyl groups excluding tert-OH is 2. The van der Waals surface area contributed by atoms with E-state index in [1.165, 1.54) is 0 Å². The van der Waals surface area contributed by atoms with Crippen LogP contribution in [0, 0.1) is 23.7 Å². The fraction of sp³-hybridized carbons (Fsp3) is 0.556. The van der Waals surface area contributed by atoms with Crippen LogP contribution in [0.1, 0.15) is 70.3 Å². The van der Waals surface area contributed by atoms with E-state index in [1.807, 2.05) is 42.5 Å². The molecule has 0 saturated heterocycles. The molecule has 3 rings (SSSR count). The van der Waals surface area contributed by atoms with Crippen LogP contribution in [0.4, 0.5) is 0 Å². The summed E-state index contributed by atoms with van der Waals surface area (Å²) in [7, 11) is 0. The van der Waals surface area contributed by atoms with Crippen molar-refractivity contribution in [3.05, 3.63) is 48.0 Å². The van der Waals surface area contributed by atoms with Crippen LogP contribution in [0.15, 0.2) is 47.5 Å². The summed E-state index contributed by atoms with van der Waals surface area (Å²) in [6, 6.07) is 9.85. The molecule has 1 saturated carbocycles. The summed E-state index contributed by atoms with van der Waals surface area (Å²) in [5.74, 6) is 6.68. The Kier molecular flexibility index (Phi) is 9.16. The average Bonchev–Trinajstić information content (AvgIpc) is 3.23. The molecule has 1 fully saturated rings. The summed E-state index contributed by atoms with van der Waals surface area (Å²) in [5.41, 5.74) is 1.39. The van der Waals surface area contributed by atoms with Gasteiger partial charge in [-0.3, -0.25) is 9.79 Å². The normalized spacial score (nSPS) is 27.6. The van der Waals surface area contributed by atoms with Crippen molar-refractivity contribution in [2.75, 3.05) is 0 Å². The van der Waals surface area contributed by atoms with E-state index in [2.05, 4.69) is 31.4 Å². The second-order valence-electron chi connectivity index (χ2n) is 9.07. The van der Waals surface area contributed by atoms with Gasteiger partial charge in [0.2, 0.25) is 0 Å². The molecule has 0 aromatic heterocycles. The van der Waals surface area contributed by atoms with Gasteiger partial charge in [-0.15, -0.1) is 12.6 Å². The van der Waals surface area contributed by atoms with E-state index < -0.39 is 17.7 Å². The van der Waals surface area contributed by atoms with Crippen molar-refractivity contribution in [3.63, 3.8) is 0 Å². The lowest BCUT2D eigenvalue weighted by Crippen LogP contribution is -2.27. The van der Waals surface area contributed by atoms with Gasteiger partial charge in [-0.2, -0.15) is 0 Å². The highest BCUT2D eigenvalue weighted by molar-refractivity contribution is 7.96. The zero-order valence-corrected chi connectivity index (χ0v) is 19.8.